The van der Waals surface area contributed by atoms with Crippen LogP contribution in [0, 0.1) is 0 Å². The molecular formula is C14H17F2NO3. The van der Waals surface area contributed by atoms with E-state index in [0.717, 1.165) is 5.56 Å². The van der Waals surface area contributed by atoms with Crippen LogP contribution < -0.4 is 10.1 Å². The molecule has 0 unspecified atom stereocenters. The monoisotopic (exact) mass is 285 g/mol. The summed E-state index contributed by atoms with van der Waals surface area (Å²) in [6, 6.07) is 3.67. The minimum Gasteiger partial charge on any atom is -0.496 e. The van der Waals surface area contributed by atoms with Gasteiger partial charge in [-0.25, -0.2) is 13.6 Å². The molecule has 1 aliphatic rings. The van der Waals surface area contributed by atoms with Crippen molar-refractivity contribution in [2.75, 3.05) is 13.7 Å². The third-order valence-corrected chi connectivity index (χ3v) is 3.31. The molecule has 1 N–H and O–H groups in total. The lowest BCUT2D eigenvalue weighted by Gasteiger charge is -2.32. The van der Waals surface area contributed by atoms with Crippen molar-refractivity contribution in [3.63, 3.8) is 0 Å². The van der Waals surface area contributed by atoms with Crippen LogP contribution in [-0.4, -0.2) is 25.7 Å². The number of rotatable bonds is 3. The standard InChI is InChI=1S/C14H17F2NO3/c1-8(2)9-4-5-11(19-3)10(6-9)12-14(15,16)7-20-13(18)17-12/h4-6,8,12H,7H2,1-3H3,(H,17,18)/t12-/m1/s1. The molecule has 2 rings (SSSR count). The zero-order valence-electron chi connectivity index (χ0n) is 11.6. The van der Waals surface area contributed by atoms with Gasteiger partial charge in [0.05, 0.1) is 7.11 Å². The smallest absolute Gasteiger partial charge is 0.408 e. The number of methoxy groups -OCH3 is 1. The van der Waals surface area contributed by atoms with Gasteiger partial charge in [-0.1, -0.05) is 19.9 Å². The van der Waals surface area contributed by atoms with Crippen LogP contribution in [0.25, 0.3) is 0 Å². The lowest BCUT2D eigenvalue weighted by molar-refractivity contribution is -0.104. The fraction of sp³-hybridized carbons (Fsp3) is 0.500. The Bertz CT molecular complexity index is 517. The molecule has 0 saturated carbocycles. The average molecular weight is 285 g/mol. The summed E-state index contributed by atoms with van der Waals surface area (Å²) in [7, 11) is 1.41. The number of alkyl carbamates (subject to hydrolysis) is 1. The molecule has 0 aromatic heterocycles. The molecular weight excluding hydrogens is 268 g/mol. The van der Waals surface area contributed by atoms with E-state index in [-0.39, 0.29) is 11.5 Å². The van der Waals surface area contributed by atoms with Crippen LogP contribution in [-0.2, 0) is 4.74 Å². The molecule has 1 heterocycles. The largest absolute Gasteiger partial charge is 0.496 e. The van der Waals surface area contributed by atoms with E-state index >= 15 is 0 Å². The minimum absolute atomic E-state index is 0.184. The molecule has 0 radical (unpaired) electrons. The Hall–Kier alpha value is -1.85. The van der Waals surface area contributed by atoms with Crippen LogP contribution in [0.4, 0.5) is 13.6 Å². The highest BCUT2D eigenvalue weighted by atomic mass is 19.3. The van der Waals surface area contributed by atoms with Crippen molar-refractivity contribution < 1.29 is 23.0 Å². The Kier molecular flexibility index (Phi) is 3.83. The van der Waals surface area contributed by atoms with Crippen molar-refractivity contribution in [1.82, 2.24) is 5.32 Å². The first-order valence-electron chi connectivity index (χ1n) is 6.34. The maximum Gasteiger partial charge on any atom is 0.408 e. The molecule has 1 aromatic rings. The Morgan fingerprint density at radius 1 is 1.45 bits per heavy atom. The van der Waals surface area contributed by atoms with E-state index in [2.05, 4.69) is 10.1 Å². The molecule has 1 amide bonds. The molecule has 1 aliphatic heterocycles. The van der Waals surface area contributed by atoms with Gasteiger partial charge in [-0.15, -0.1) is 0 Å². The Morgan fingerprint density at radius 2 is 2.15 bits per heavy atom. The van der Waals surface area contributed by atoms with Crippen molar-refractivity contribution in [3.05, 3.63) is 29.3 Å². The van der Waals surface area contributed by atoms with Crippen molar-refractivity contribution in [2.24, 2.45) is 0 Å². The molecule has 1 saturated heterocycles. The number of nitrogens with one attached hydrogen (secondary N) is 1. The first-order chi connectivity index (χ1) is 9.35. The topological polar surface area (TPSA) is 47.6 Å². The summed E-state index contributed by atoms with van der Waals surface area (Å²) in [5, 5.41) is 2.17. The van der Waals surface area contributed by atoms with Gasteiger partial charge in [-0.3, -0.25) is 0 Å². The number of alkyl halides is 2. The van der Waals surface area contributed by atoms with Crippen LogP contribution in [0.1, 0.15) is 36.9 Å². The van der Waals surface area contributed by atoms with Gasteiger partial charge in [0.15, 0.2) is 6.61 Å². The predicted molar refractivity (Wildman–Crippen MR) is 69.3 cm³/mol. The fourth-order valence-corrected chi connectivity index (χ4v) is 2.15. The third-order valence-electron chi connectivity index (χ3n) is 3.31. The second-order valence-electron chi connectivity index (χ2n) is 5.07. The Morgan fingerprint density at radius 3 is 2.75 bits per heavy atom. The fourth-order valence-electron chi connectivity index (χ4n) is 2.15. The van der Waals surface area contributed by atoms with E-state index in [9.17, 15) is 13.6 Å². The highest BCUT2D eigenvalue weighted by Crippen LogP contribution is 2.39. The van der Waals surface area contributed by atoms with Crippen molar-refractivity contribution >= 4 is 6.09 Å². The van der Waals surface area contributed by atoms with E-state index in [4.69, 9.17) is 4.74 Å². The lowest BCUT2D eigenvalue weighted by atomic mass is 9.93. The molecule has 1 atom stereocenters. The first kappa shape index (κ1) is 14.6. The second kappa shape index (κ2) is 5.26. The summed E-state index contributed by atoms with van der Waals surface area (Å²) >= 11 is 0. The van der Waals surface area contributed by atoms with E-state index in [1.165, 1.54) is 7.11 Å². The van der Waals surface area contributed by atoms with E-state index < -0.39 is 24.7 Å². The van der Waals surface area contributed by atoms with Crippen LogP contribution in [0.3, 0.4) is 0 Å². The molecule has 0 spiro atoms. The van der Waals surface area contributed by atoms with Crippen LogP contribution in [0.2, 0.25) is 0 Å². The van der Waals surface area contributed by atoms with Crippen molar-refractivity contribution in [1.29, 1.82) is 0 Å². The van der Waals surface area contributed by atoms with Gasteiger partial charge in [0.1, 0.15) is 11.8 Å². The van der Waals surface area contributed by atoms with Gasteiger partial charge in [-0.05, 0) is 23.6 Å². The van der Waals surface area contributed by atoms with Gasteiger partial charge in [0.25, 0.3) is 0 Å². The van der Waals surface area contributed by atoms with Crippen LogP contribution in [0.5, 0.6) is 5.75 Å². The van der Waals surface area contributed by atoms with Crippen LogP contribution in [0.15, 0.2) is 18.2 Å². The number of cyclic esters (lactones) is 1. The number of halogens is 2. The van der Waals surface area contributed by atoms with Crippen molar-refractivity contribution in [3.8, 4) is 5.75 Å². The summed E-state index contributed by atoms with van der Waals surface area (Å²) in [5.41, 5.74) is 1.16. The number of hydrogen-bond acceptors (Lipinski definition) is 3. The quantitative estimate of drug-likeness (QED) is 0.927. The molecule has 6 heteroatoms. The third kappa shape index (κ3) is 2.69. The Labute approximate surface area is 116 Å². The summed E-state index contributed by atoms with van der Waals surface area (Å²) in [5.74, 6) is -2.68. The van der Waals surface area contributed by atoms with Crippen LogP contribution >= 0.6 is 0 Å². The van der Waals surface area contributed by atoms with E-state index in [1.54, 1.807) is 12.1 Å². The minimum atomic E-state index is -3.18. The maximum atomic E-state index is 14.0. The highest BCUT2D eigenvalue weighted by molar-refractivity contribution is 5.69. The summed E-state index contributed by atoms with van der Waals surface area (Å²) < 4.78 is 37.5. The summed E-state index contributed by atoms with van der Waals surface area (Å²) in [6.45, 7) is 3.00. The SMILES string of the molecule is COc1ccc(C(C)C)cc1[C@H]1NC(=O)OCC1(F)F. The van der Waals surface area contributed by atoms with Gasteiger partial charge in [0, 0.05) is 5.56 Å². The first-order valence-corrected chi connectivity index (χ1v) is 6.34. The molecule has 1 fully saturated rings. The van der Waals surface area contributed by atoms with E-state index in [1.807, 2.05) is 19.9 Å². The number of benzene rings is 1. The lowest BCUT2D eigenvalue weighted by Crippen LogP contribution is -2.49. The van der Waals surface area contributed by atoms with Gasteiger partial charge >= 0.3 is 12.0 Å². The summed E-state index contributed by atoms with van der Waals surface area (Å²) in [6.07, 6.45) is -0.849. The normalized spacial score (nSPS) is 21.3. The highest BCUT2D eigenvalue weighted by Gasteiger charge is 2.48. The summed E-state index contributed by atoms with van der Waals surface area (Å²) in [4.78, 5) is 11.2. The molecule has 1 aromatic carbocycles. The number of hydrogen-bond donors (Lipinski definition) is 1. The molecule has 20 heavy (non-hydrogen) atoms. The molecule has 0 aliphatic carbocycles. The number of carbonyl (C=O) groups excluding carboxylic acids is 1. The molecule has 0 bridgehead atoms. The van der Waals surface area contributed by atoms with Gasteiger partial charge < -0.3 is 14.8 Å². The second-order valence-corrected chi connectivity index (χ2v) is 5.07. The van der Waals surface area contributed by atoms with Gasteiger partial charge in [-0.2, -0.15) is 0 Å². The zero-order valence-corrected chi connectivity index (χ0v) is 11.6. The number of amides is 1. The molecule has 4 nitrogen and oxygen atoms in total. The number of ether oxygens (including phenoxy) is 2. The molecule has 110 valence electrons. The predicted octanol–water partition coefficient (Wildman–Crippen LogP) is 3.23. The van der Waals surface area contributed by atoms with Gasteiger partial charge in [0.2, 0.25) is 0 Å². The average Bonchev–Trinajstić information content (AvgIpc) is 2.40. The van der Waals surface area contributed by atoms with E-state index in [0.29, 0.717) is 5.75 Å². The maximum absolute atomic E-state index is 14.0. The number of carbonyl (C=O) groups is 1. The van der Waals surface area contributed by atoms with Crippen molar-refractivity contribution in [2.45, 2.75) is 31.7 Å². The zero-order chi connectivity index (χ0) is 14.9. The Balaban J connectivity index is 2.47.